The van der Waals surface area contributed by atoms with E-state index in [1.807, 2.05) is 81.4 Å². The van der Waals surface area contributed by atoms with Gasteiger partial charge >= 0.3 is 0 Å². The van der Waals surface area contributed by atoms with Crippen LogP contribution in [0.1, 0.15) is 39.5 Å². The average Bonchev–Trinajstić information content (AvgIpc) is 2.77. The third-order valence-electron chi connectivity index (χ3n) is 6.04. The number of ether oxygens (including phenoxy) is 1. The fourth-order valence-electron chi connectivity index (χ4n) is 4.46. The lowest BCUT2D eigenvalue weighted by Gasteiger charge is -2.44. The standard InChI is InChI=1S/C27H28N2O3/c1-18-13-19(2)15-22(14-18)29-25(30)24-8-6-5-7-21(24)16-27(29,3)26(31)28-17-20-9-11-23(32-4)12-10-20/h5-15H,16-17H2,1-4H3,(H,28,31). The van der Waals surface area contributed by atoms with E-state index in [9.17, 15) is 9.59 Å². The largest absolute Gasteiger partial charge is 0.497 e. The summed E-state index contributed by atoms with van der Waals surface area (Å²) in [6, 6.07) is 21.1. The highest BCUT2D eigenvalue weighted by atomic mass is 16.5. The Morgan fingerprint density at radius 3 is 2.34 bits per heavy atom. The van der Waals surface area contributed by atoms with Crippen molar-refractivity contribution in [3.05, 3.63) is 94.5 Å². The SMILES string of the molecule is COc1ccc(CNC(=O)C2(C)Cc3ccccc3C(=O)N2c2cc(C)cc(C)c2)cc1. The molecule has 0 radical (unpaired) electrons. The molecule has 0 saturated heterocycles. The molecule has 164 valence electrons. The van der Waals surface area contributed by atoms with Crippen molar-refractivity contribution in [2.75, 3.05) is 12.0 Å². The second kappa shape index (κ2) is 8.50. The van der Waals surface area contributed by atoms with Gasteiger partial charge in [-0.3, -0.25) is 14.5 Å². The monoisotopic (exact) mass is 428 g/mol. The molecular formula is C27H28N2O3. The minimum Gasteiger partial charge on any atom is -0.497 e. The molecule has 5 heteroatoms. The van der Waals surface area contributed by atoms with Gasteiger partial charge in [-0.25, -0.2) is 0 Å². The lowest BCUT2D eigenvalue weighted by Crippen LogP contribution is -2.63. The minimum atomic E-state index is -1.06. The molecule has 1 aliphatic heterocycles. The number of amides is 2. The van der Waals surface area contributed by atoms with E-state index in [4.69, 9.17) is 4.74 Å². The second-order valence-corrected chi connectivity index (χ2v) is 8.63. The van der Waals surface area contributed by atoms with E-state index in [-0.39, 0.29) is 11.8 Å². The number of aryl methyl sites for hydroxylation is 2. The van der Waals surface area contributed by atoms with Crippen molar-refractivity contribution in [2.24, 2.45) is 0 Å². The van der Waals surface area contributed by atoms with E-state index in [0.717, 1.165) is 33.7 Å². The van der Waals surface area contributed by atoms with Gasteiger partial charge in [-0.15, -0.1) is 0 Å². The topological polar surface area (TPSA) is 58.6 Å². The van der Waals surface area contributed by atoms with Gasteiger partial charge in [0.1, 0.15) is 11.3 Å². The van der Waals surface area contributed by atoms with E-state index in [0.29, 0.717) is 18.5 Å². The van der Waals surface area contributed by atoms with Gasteiger partial charge in [0, 0.05) is 24.2 Å². The van der Waals surface area contributed by atoms with E-state index < -0.39 is 5.54 Å². The lowest BCUT2D eigenvalue weighted by atomic mass is 9.82. The number of nitrogens with zero attached hydrogens (tertiary/aromatic N) is 1. The van der Waals surface area contributed by atoms with Crippen LogP contribution in [0.5, 0.6) is 5.75 Å². The molecule has 1 heterocycles. The zero-order valence-corrected chi connectivity index (χ0v) is 18.9. The normalized spacial score (nSPS) is 17.6. The molecular weight excluding hydrogens is 400 g/mol. The van der Waals surface area contributed by atoms with Gasteiger partial charge in [0.25, 0.3) is 5.91 Å². The molecule has 0 fully saturated rings. The summed E-state index contributed by atoms with van der Waals surface area (Å²) in [6.07, 6.45) is 0.441. The van der Waals surface area contributed by atoms with Gasteiger partial charge in [-0.1, -0.05) is 36.4 Å². The first-order valence-electron chi connectivity index (χ1n) is 10.7. The fraction of sp³-hybridized carbons (Fsp3) is 0.259. The Kier molecular flexibility index (Phi) is 5.74. The van der Waals surface area contributed by atoms with Crippen LogP contribution in [0.25, 0.3) is 0 Å². The number of hydrogen-bond acceptors (Lipinski definition) is 3. The van der Waals surface area contributed by atoms with E-state index in [1.165, 1.54) is 0 Å². The van der Waals surface area contributed by atoms with Crippen LogP contribution in [-0.4, -0.2) is 24.5 Å². The molecule has 0 spiro atoms. The molecule has 0 aromatic heterocycles. The Labute approximate surface area is 189 Å². The molecule has 0 saturated carbocycles. The number of carbonyl (C=O) groups is 2. The van der Waals surface area contributed by atoms with Gasteiger partial charge in [-0.2, -0.15) is 0 Å². The molecule has 3 aromatic carbocycles. The molecule has 32 heavy (non-hydrogen) atoms. The third kappa shape index (κ3) is 3.98. The maximum atomic E-state index is 13.6. The van der Waals surface area contributed by atoms with E-state index >= 15 is 0 Å². The molecule has 1 aliphatic rings. The Balaban J connectivity index is 1.70. The number of nitrogens with one attached hydrogen (secondary N) is 1. The number of benzene rings is 3. The minimum absolute atomic E-state index is 0.154. The van der Waals surface area contributed by atoms with Gasteiger partial charge in [-0.05, 0) is 73.4 Å². The molecule has 1 atom stereocenters. The summed E-state index contributed by atoms with van der Waals surface area (Å²) >= 11 is 0. The summed E-state index contributed by atoms with van der Waals surface area (Å²) in [6.45, 7) is 6.22. The summed E-state index contributed by atoms with van der Waals surface area (Å²) in [5.74, 6) is 0.428. The van der Waals surface area contributed by atoms with Gasteiger partial charge in [0.2, 0.25) is 5.91 Å². The van der Waals surface area contributed by atoms with Crippen LogP contribution in [0.3, 0.4) is 0 Å². The quantitative estimate of drug-likeness (QED) is 0.647. The summed E-state index contributed by atoms with van der Waals surface area (Å²) in [5, 5.41) is 3.05. The third-order valence-corrected chi connectivity index (χ3v) is 6.04. The van der Waals surface area contributed by atoms with Crippen LogP contribution in [0, 0.1) is 13.8 Å². The first-order valence-corrected chi connectivity index (χ1v) is 10.7. The molecule has 4 rings (SSSR count). The number of carbonyl (C=O) groups excluding carboxylic acids is 2. The second-order valence-electron chi connectivity index (χ2n) is 8.63. The number of rotatable bonds is 5. The van der Waals surface area contributed by atoms with Gasteiger partial charge in [0.05, 0.1) is 7.11 Å². The van der Waals surface area contributed by atoms with Crippen molar-refractivity contribution in [3.8, 4) is 5.75 Å². The Bertz CT molecular complexity index is 1150. The highest BCUT2D eigenvalue weighted by Crippen LogP contribution is 2.36. The van der Waals surface area contributed by atoms with Crippen molar-refractivity contribution in [1.29, 1.82) is 0 Å². The molecule has 2 amide bonds. The molecule has 0 bridgehead atoms. The maximum Gasteiger partial charge on any atom is 0.259 e. The first kappa shape index (κ1) is 21.6. The van der Waals surface area contributed by atoms with Crippen molar-refractivity contribution in [2.45, 2.75) is 39.3 Å². The van der Waals surface area contributed by atoms with Crippen LogP contribution >= 0.6 is 0 Å². The lowest BCUT2D eigenvalue weighted by molar-refractivity contribution is -0.126. The number of anilines is 1. The summed E-state index contributed by atoms with van der Waals surface area (Å²) in [5.41, 5.74) is 4.28. The molecule has 1 unspecified atom stereocenters. The van der Waals surface area contributed by atoms with Crippen LogP contribution in [-0.2, 0) is 17.8 Å². The smallest absolute Gasteiger partial charge is 0.259 e. The molecule has 3 aromatic rings. The van der Waals surface area contributed by atoms with Crippen molar-refractivity contribution in [3.63, 3.8) is 0 Å². The Morgan fingerprint density at radius 2 is 1.69 bits per heavy atom. The maximum absolute atomic E-state index is 13.6. The number of hydrogen-bond donors (Lipinski definition) is 1. The summed E-state index contributed by atoms with van der Waals surface area (Å²) in [4.78, 5) is 28.9. The van der Waals surface area contributed by atoms with Crippen molar-refractivity contribution in [1.82, 2.24) is 5.32 Å². The zero-order chi connectivity index (χ0) is 22.9. The van der Waals surface area contributed by atoms with Crippen molar-refractivity contribution < 1.29 is 14.3 Å². The Morgan fingerprint density at radius 1 is 1.03 bits per heavy atom. The summed E-state index contributed by atoms with van der Waals surface area (Å²) < 4.78 is 5.20. The van der Waals surface area contributed by atoms with Crippen LogP contribution in [0.2, 0.25) is 0 Å². The molecule has 1 N–H and O–H groups in total. The predicted molar refractivity (Wildman–Crippen MR) is 126 cm³/mol. The predicted octanol–water partition coefficient (Wildman–Crippen LogP) is 4.59. The molecule has 5 nitrogen and oxygen atoms in total. The highest BCUT2D eigenvalue weighted by Gasteiger charge is 2.47. The van der Waals surface area contributed by atoms with Crippen LogP contribution < -0.4 is 15.0 Å². The average molecular weight is 429 g/mol. The van der Waals surface area contributed by atoms with Crippen LogP contribution in [0.4, 0.5) is 5.69 Å². The van der Waals surface area contributed by atoms with E-state index in [2.05, 4.69) is 11.4 Å². The number of fused-ring (bicyclic) bond motifs is 1. The fourth-order valence-corrected chi connectivity index (χ4v) is 4.46. The van der Waals surface area contributed by atoms with Gasteiger partial charge in [0.15, 0.2) is 0 Å². The molecule has 0 aliphatic carbocycles. The Hall–Kier alpha value is -3.60. The highest BCUT2D eigenvalue weighted by molar-refractivity contribution is 6.14. The first-order chi connectivity index (χ1) is 15.3. The zero-order valence-electron chi connectivity index (χ0n) is 18.9. The van der Waals surface area contributed by atoms with E-state index in [1.54, 1.807) is 12.0 Å². The summed E-state index contributed by atoms with van der Waals surface area (Å²) in [7, 11) is 1.62. The van der Waals surface area contributed by atoms with Gasteiger partial charge < -0.3 is 10.1 Å². The van der Waals surface area contributed by atoms with Crippen LogP contribution in [0.15, 0.2) is 66.7 Å². The van der Waals surface area contributed by atoms with Crippen molar-refractivity contribution >= 4 is 17.5 Å². The number of methoxy groups -OCH3 is 1.